The van der Waals surface area contributed by atoms with Crippen LogP contribution in [-0.4, -0.2) is 35.4 Å². The Kier molecular flexibility index (Phi) is 5.86. The predicted molar refractivity (Wildman–Crippen MR) is 105 cm³/mol. The average molecular weight is 394 g/mol. The minimum Gasteiger partial charge on any atom is -0.491 e. The Labute approximate surface area is 168 Å². The second kappa shape index (κ2) is 8.87. The van der Waals surface area contributed by atoms with E-state index in [-0.39, 0.29) is 18.6 Å². The molecule has 7 heteroatoms. The SMILES string of the molecule is Cc1ccccc1-c1noc(COC(=O)c2ccc(OC[C@H]3CCCO3)cc2)n1. The van der Waals surface area contributed by atoms with Crippen molar-refractivity contribution < 1.29 is 23.5 Å². The van der Waals surface area contributed by atoms with Crippen LogP contribution in [0.3, 0.4) is 0 Å². The van der Waals surface area contributed by atoms with Crippen LogP contribution in [0.4, 0.5) is 0 Å². The van der Waals surface area contributed by atoms with Crippen molar-refractivity contribution >= 4 is 5.97 Å². The Hall–Kier alpha value is -3.19. The molecule has 1 saturated heterocycles. The van der Waals surface area contributed by atoms with Crippen molar-refractivity contribution in [3.8, 4) is 17.1 Å². The van der Waals surface area contributed by atoms with E-state index in [9.17, 15) is 4.79 Å². The van der Waals surface area contributed by atoms with Crippen LogP contribution in [0, 0.1) is 6.92 Å². The van der Waals surface area contributed by atoms with Crippen LogP contribution in [0.1, 0.15) is 34.7 Å². The molecule has 3 aromatic rings. The van der Waals surface area contributed by atoms with Gasteiger partial charge in [-0.3, -0.25) is 0 Å². The van der Waals surface area contributed by atoms with Crippen LogP contribution >= 0.6 is 0 Å². The summed E-state index contributed by atoms with van der Waals surface area (Å²) < 4.78 is 21.7. The van der Waals surface area contributed by atoms with Crippen molar-refractivity contribution in [2.75, 3.05) is 13.2 Å². The number of benzene rings is 2. The molecule has 1 aromatic heterocycles. The van der Waals surface area contributed by atoms with Crippen molar-refractivity contribution in [3.63, 3.8) is 0 Å². The first-order chi connectivity index (χ1) is 14.2. The molecule has 0 aliphatic carbocycles. The van der Waals surface area contributed by atoms with Gasteiger partial charge in [0, 0.05) is 12.2 Å². The first-order valence-electron chi connectivity index (χ1n) is 9.59. The van der Waals surface area contributed by atoms with E-state index >= 15 is 0 Å². The number of carbonyl (C=O) groups is 1. The number of hydrogen-bond acceptors (Lipinski definition) is 7. The summed E-state index contributed by atoms with van der Waals surface area (Å²) in [4.78, 5) is 16.6. The van der Waals surface area contributed by atoms with E-state index < -0.39 is 5.97 Å². The van der Waals surface area contributed by atoms with Gasteiger partial charge in [-0.05, 0) is 49.6 Å². The fourth-order valence-corrected chi connectivity index (χ4v) is 3.11. The summed E-state index contributed by atoms with van der Waals surface area (Å²) in [6, 6.07) is 14.6. The lowest BCUT2D eigenvalue weighted by molar-refractivity contribution is 0.0429. The predicted octanol–water partition coefficient (Wildman–Crippen LogP) is 3.96. The van der Waals surface area contributed by atoms with E-state index in [2.05, 4.69) is 10.1 Å². The molecular formula is C22H22N2O5. The molecule has 0 radical (unpaired) electrons. The second-order valence-corrected chi connectivity index (χ2v) is 6.87. The van der Waals surface area contributed by atoms with Gasteiger partial charge in [-0.25, -0.2) is 4.79 Å². The molecule has 0 unspecified atom stereocenters. The highest BCUT2D eigenvalue weighted by Gasteiger charge is 2.17. The van der Waals surface area contributed by atoms with E-state index in [4.69, 9.17) is 18.7 Å². The first kappa shape index (κ1) is 19.1. The van der Waals surface area contributed by atoms with Crippen LogP contribution in [0.25, 0.3) is 11.4 Å². The molecule has 2 heterocycles. The van der Waals surface area contributed by atoms with Gasteiger partial charge in [0.25, 0.3) is 5.89 Å². The number of rotatable bonds is 7. The first-order valence-corrected chi connectivity index (χ1v) is 9.59. The molecule has 29 heavy (non-hydrogen) atoms. The number of hydrogen-bond donors (Lipinski definition) is 0. The molecule has 1 atom stereocenters. The van der Waals surface area contributed by atoms with Crippen LogP contribution in [0.5, 0.6) is 5.75 Å². The number of carbonyl (C=O) groups excluding carboxylic acids is 1. The van der Waals surface area contributed by atoms with Crippen molar-refractivity contribution in [2.45, 2.75) is 32.5 Å². The van der Waals surface area contributed by atoms with Crippen LogP contribution < -0.4 is 4.74 Å². The number of esters is 1. The summed E-state index contributed by atoms with van der Waals surface area (Å²) in [6.07, 6.45) is 2.25. The molecule has 0 spiro atoms. The van der Waals surface area contributed by atoms with Gasteiger partial charge in [0.05, 0.1) is 11.7 Å². The largest absolute Gasteiger partial charge is 0.491 e. The zero-order valence-electron chi connectivity index (χ0n) is 16.2. The smallest absolute Gasteiger partial charge is 0.338 e. The Morgan fingerprint density at radius 2 is 2.00 bits per heavy atom. The summed E-state index contributed by atoms with van der Waals surface area (Å²) in [5.41, 5.74) is 2.35. The molecule has 0 bridgehead atoms. The van der Waals surface area contributed by atoms with E-state index in [1.54, 1.807) is 24.3 Å². The van der Waals surface area contributed by atoms with E-state index in [1.165, 1.54) is 0 Å². The van der Waals surface area contributed by atoms with Gasteiger partial charge in [-0.1, -0.05) is 29.4 Å². The van der Waals surface area contributed by atoms with Gasteiger partial charge < -0.3 is 18.7 Å². The molecule has 7 nitrogen and oxygen atoms in total. The maximum absolute atomic E-state index is 12.3. The monoisotopic (exact) mass is 394 g/mol. The number of aromatic nitrogens is 2. The van der Waals surface area contributed by atoms with E-state index in [0.29, 0.717) is 23.7 Å². The molecule has 1 fully saturated rings. The number of ether oxygens (including phenoxy) is 3. The number of nitrogens with zero attached hydrogens (tertiary/aromatic N) is 2. The summed E-state index contributed by atoms with van der Waals surface area (Å²) in [5.74, 6) is 0.943. The van der Waals surface area contributed by atoms with Crippen molar-refractivity contribution in [3.05, 3.63) is 65.5 Å². The Morgan fingerprint density at radius 3 is 2.76 bits per heavy atom. The Balaban J connectivity index is 1.30. The van der Waals surface area contributed by atoms with Crippen molar-refractivity contribution in [2.24, 2.45) is 0 Å². The zero-order valence-corrected chi connectivity index (χ0v) is 16.2. The molecule has 150 valence electrons. The summed E-state index contributed by atoms with van der Waals surface area (Å²) in [5, 5.41) is 3.96. The van der Waals surface area contributed by atoms with Crippen molar-refractivity contribution in [1.82, 2.24) is 10.1 Å². The van der Waals surface area contributed by atoms with E-state index in [0.717, 1.165) is 30.6 Å². The third-order valence-corrected chi connectivity index (χ3v) is 4.73. The van der Waals surface area contributed by atoms with Crippen LogP contribution in [0.15, 0.2) is 53.1 Å². The molecule has 4 rings (SSSR count). The van der Waals surface area contributed by atoms with E-state index in [1.807, 2.05) is 31.2 Å². The average Bonchev–Trinajstić information content (AvgIpc) is 3.43. The Morgan fingerprint density at radius 1 is 1.17 bits per heavy atom. The Bertz CT molecular complexity index is 961. The highest BCUT2D eigenvalue weighted by molar-refractivity contribution is 5.89. The highest BCUT2D eigenvalue weighted by Crippen LogP contribution is 2.20. The lowest BCUT2D eigenvalue weighted by atomic mass is 10.1. The maximum atomic E-state index is 12.3. The van der Waals surface area contributed by atoms with Crippen LogP contribution in [0.2, 0.25) is 0 Å². The quantitative estimate of drug-likeness (QED) is 0.561. The highest BCUT2D eigenvalue weighted by atomic mass is 16.6. The summed E-state index contributed by atoms with van der Waals surface area (Å²) in [7, 11) is 0. The third-order valence-electron chi connectivity index (χ3n) is 4.73. The standard InChI is InChI=1S/C22H22N2O5/c1-15-5-2-3-7-19(15)21-23-20(29-24-21)14-28-22(25)16-8-10-17(11-9-16)27-13-18-6-4-12-26-18/h2-3,5,7-11,18H,4,6,12-14H2,1H3/t18-/m1/s1. The van der Waals surface area contributed by atoms with Gasteiger partial charge in [0.2, 0.25) is 5.82 Å². The van der Waals surface area contributed by atoms with Gasteiger partial charge in [0.15, 0.2) is 6.61 Å². The molecule has 1 aliphatic heterocycles. The minimum atomic E-state index is -0.466. The molecule has 1 aliphatic rings. The molecular weight excluding hydrogens is 372 g/mol. The van der Waals surface area contributed by atoms with Crippen LogP contribution in [-0.2, 0) is 16.1 Å². The number of aryl methyl sites for hydroxylation is 1. The zero-order chi connectivity index (χ0) is 20.1. The lowest BCUT2D eigenvalue weighted by Gasteiger charge is -2.11. The van der Waals surface area contributed by atoms with Gasteiger partial charge in [-0.15, -0.1) is 0 Å². The second-order valence-electron chi connectivity index (χ2n) is 6.87. The lowest BCUT2D eigenvalue weighted by Crippen LogP contribution is -2.16. The fourth-order valence-electron chi connectivity index (χ4n) is 3.11. The van der Waals surface area contributed by atoms with Crippen molar-refractivity contribution in [1.29, 1.82) is 0 Å². The maximum Gasteiger partial charge on any atom is 0.338 e. The van der Waals surface area contributed by atoms with Gasteiger partial charge >= 0.3 is 5.97 Å². The molecule has 2 aromatic carbocycles. The normalized spacial score (nSPS) is 16.0. The minimum absolute atomic E-state index is 0.0883. The van der Waals surface area contributed by atoms with Gasteiger partial charge in [-0.2, -0.15) is 4.98 Å². The fraction of sp³-hybridized carbons (Fsp3) is 0.318. The molecule has 0 saturated carbocycles. The molecule has 0 amide bonds. The summed E-state index contributed by atoms with van der Waals surface area (Å²) >= 11 is 0. The topological polar surface area (TPSA) is 83.7 Å². The summed E-state index contributed by atoms with van der Waals surface area (Å²) in [6.45, 7) is 3.20. The third kappa shape index (κ3) is 4.81. The molecule has 0 N–H and O–H groups in total. The van der Waals surface area contributed by atoms with Gasteiger partial charge in [0.1, 0.15) is 12.4 Å².